The molecule has 0 bridgehead atoms. The van der Waals surface area contributed by atoms with E-state index in [1.807, 2.05) is 13.8 Å². The average molecular weight is 236 g/mol. The highest BCUT2D eigenvalue weighted by Crippen LogP contribution is 2.08. The highest BCUT2D eigenvalue weighted by Gasteiger charge is 2.12. The van der Waals surface area contributed by atoms with E-state index in [1.54, 1.807) is 23.9 Å². The molecule has 0 aromatic carbocycles. The number of ketones is 1. The van der Waals surface area contributed by atoms with Crippen LogP contribution < -0.4 is 0 Å². The molecule has 0 amide bonds. The molecule has 0 radical (unpaired) electrons. The number of hydrogen-bond acceptors (Lipinski definition) is 4. The number of ether oxygens (including phenoxy) is 1. The second-order valence-electron chi connectivity index (χ2n) is 3.70. The van der Waals surface area contributed by atoms with Crippen molar-refractivity contribution < 1.29 is 14.3 Å². The molecule has 0 saturated carbocycles. The van der Waals surface area contributed by atoms with Crippen molar-refractivity contribution in [2.24, 2.45) is 0 Å². The third-order valence-electron chi connectivity index (χ3n) is 2.10. The van der Waals surface area contributed by atoms with Gasteiger partial charge in [-0.3, -0.25) is 4.79 Å². The molecule has 0 atom stereocenters. The van der Waals surface area contributed by atoms with E-state index >= 15 is 0 Å². The fraction of sp³-hybridized carbons (Fsp3) is 0.417. The number of rotatable bonds is 5. The molecule has 1 aromatic heterocycles. The SMILES string of the molecule is CCOC(=O)/C=C/C(=O)c1nccn1C(C)C. The van der Waals surface area contributed by atoms with Gasteiger partial charge in [0, 0.05) is 24.5 Å². The van der Waals surface area contributed by atoms with Gasteiger partial charge in [-0.1, -0.05) is 0 Å². The van der Waals surface area contributed by atoms with E-state index in [2.05, 4.69) is 9.72 Å². The van der Waals surface area contributed by atoms with E-state index in [-0.39, 0.29) is 18.4 Å². The van der Waals surface area contributed by atoms with E-state index in [0.29, 0.717) is 5.82 Å². The predicted molar refractivity (Wildman–Crippen MR) is 62.7 cm³/mol. The highest BCUT2D eigenvalue weighted by molar-refractivity contribution is 6.04. The maximum absolute atomic E-state index is 11.8. The van der Waals surface area contributed by atoms with Gasteiger partial charge in [0.25, 0.3) is 0 Å². The van der Waals surface area contributed by atoms with E-state index < -0.39 is 5.97 Å². The van der Waals surface area contributed by atoms with Gasteiger partial charge in [0.2, 0.25) is 5.78 Å². The van der Waals surface area contributed by atoms with Crippen molar-refractivity contribution in [3.8, 4) is 0 Å². The molecule has 1 rings (SSSR count). The Morgan fingerprint density at radius 3 is 2.76 bits per heavy atom. The molecular weight excluding hydrogens is 220 g/mol. The van der Waals surface area contributed by atoms with Gasteiger partial charge >= 0.3 is 5.97 Å². The van der Waals surface area contributed by atoms with E-state index in [0.717, 1.165) is 6.08 Å². The van der Waals surface area contributed by atoms with Gasteiger partial charge in [0.15, 0.2) is 5.82 Å². The average Bonchev–Trinajstić information content (AvgIpc) is 2.75. The van der Waals surface area contributed by atoms with Crippen LogP contribution in [0, 0.1) is 0 Å². The summed E-state index contributed by atoms with van der Waals surface area (Å²) in [5.74, 6) is -0.513. The number of allylic oxidation sites excluding steroid dienone is 1. The number of imidazole rings is 1. The molecule has 0 unspecified atom stereocenters. The number of hydrogen-bond donors (Lipinski definition) is 0. The number of nitrogens with zero attached hydrogens (tertiary/aromatic N) is 2. The largest absolute Gasteiger partial charge is 0.463 e. The monoisotopic (exact) mass is 236 g/mol. The Hall–Kier alpha value is -1.91. The maximum Gasteiger partial charge on any atom is 0.330 e. The lowest BCUT2D eigenvalue weighted by atomic mass is 10.3. The van der Waals surface area contributed by atoms with Crippen LogP contribution in [-0.2, 0) is 9.53 Å². The summed E-state index contributed by atoms with van der Waals surface area (Å²) in [6.45, 7) is 5.90. The van der Waals surface area contributed by atoms with Crippen LogP contribution >= 0.6 is 0 Å². The zero-order chi connectivity index (χ0) is 12.8. The first-order valence-electron chi connectivity index (χ1n) is 5.48. The van der Waals surface area contributed by atoms with Crippen molar-refractivity contribution in [3.63, 3.8) is 0 Å². The van der Waals surface area contributed by atoms with Crippen LogP contribution in [-0.4, -0.2) is 27.9 Å². The first kappa shape index (κ1) is 13.2. The van der Waals surface area contributed by atoms with Crippen molar-refractivity contribution in [2.45, 2.75) is 26.8 Å². The summed E-state index contributed by atoms with van der Waals surface area (Å²) in [7, 11) is 0. The Labute approximate surface area is 100 Å². The summed E-state index contributed by atoms with van der Waals surface area (Å²) in [4.78, 5) is 26.8. The second-order valence-corrected chi connectivity index (χ2v) is 3.70. The summed E-state index contributed by atoms with van der Waals surface area (Å²) in [6, 6.07) is 0.146. The van der Waals surface area contributed by atoms with Crippen molar-refractivity contribution in [1.82, 2.24) is 9.55 Å². The molecule has 1 aromatic rings. The Morgan fingerprint density at radius 1 is 1.47 bits per heavy atom. The molecule has 0 saturated heterocycles. The molecular formula is C12H16N2O3. The van der Waals surface area contributed by atoms with Crippen LogP contribution in [0.4, 0.5) is 0 Å². The number of aromatic nitrogens is 2. The fourth-order valence-corrected chi connectivity index (χ4v) is 1.33. The lowest BCUT2D eigenvalue weighted by molar-refractivity contribution is -0.137. The number of carbonyl (C=O) groups is 2. The van der Waals surface area contributed by atoms with Gasteiger partial charge in [0.05, 0.1) is 6.61 Å². The minimum atomic E-state index is -0.525. The standard InChI is InChI=1S/C12H16N2O3/c1-4-17-11(16)6-5-10(15)12-13-7-8-14(12)9(2)3/h5-9H,4H2,1-3H3/b6-5+. The minimum absolute atomic E-state index is 0.146. The van der Waals surface area contributed by atoms with Crippen molar-refractivity contribution in [2.75, 3.05) is 6.61 Å². The molecule has 1 heterocycles. The lowest BCUT2D eigenvalue weighted by Crippen LogP contribution is -2.10. The van der Waals surface area contributed by atoms with Crippen molar-refractivity contribution >= 4 is 11.8 Å². The van der Waals surface area contributed by atoms with Crippen LogP contribution in [0.15, 0.2) is 24.5 Å². The Balaban J connectivity index is 2.76. The Bertz CT molecular complexity index is 433. The molecule has 17 heavy (non-hydrogen) atoms. The van der Waals surface area contributed by atoms with E-state index in [9.17, 15) is 9.59 Å². The van der Waals surface area contributed by atoms with Crippen LogP contribution in [0.5, 0.6) is 0 Å². The normalized spacial score (nSPS) is 11.1. The molecule has 0 aliphatic heterocycles. The van der Waals surface area contributed by atoms with Gasteiger partial charge in [0.1, 0.15) is 0 Å². The topological polar surface area (TPSA) is 61.2 Å². The molecule has 5 nitrogen and oxygen atoms in total. The zero-order valence-corrected chi connectivity index (χ0v) is 10.2. The van der Waals surface area contributed by atoms with Gasteiger partial charge in [-0.25, -0.2) is 9.78 Å². The molecule has 5 heteroatoms. The number of esters is 1. The first-order chi connectivity index (χ1) is 8.06. The van der Waals surface area contributed by atoms with E-state index in [1.165, 1.54) is 6.08 Å². The highest BCUT2D eigenvalue weighted by atomic mass is 16.5. The molecule has 92 valence electrons. The smallest absolute Gasteiger partial charge is 0.330 e. The summed E-state index contributed by atoms with van der Waals surface area (Å²) in [5, 5.41) is 0. The first-order valence-corrected chi connectivity index (χ1v) is 5.48. The van der Waals surface area contributed by atoms with Crippen molar-refractivity contribution in [3.05, 3.63) is 30.4 Å². The van der Waals surface area contributed by atoms with Gasteiger partial charge < -0.3 is 9.30 Å². The molecule has 0 aliphatic rings. The quantitative estimate of drug-likeness (QED) is 0.444. The molecule has 0 aliphatic carbocycles. The van der Waals surface area contributed by atoms with Crippen LogP contribution in [0.25, 0.3) is 0 Å². The van der Waals surface area contributed by atoms with Crippen molar-refractivity contribution in [1.29, 1.82) is 0 Å². The van der Waals surface area contributed by atoms with Gasteiger partial charge in [-0.2, -0.15) is 0 Å². The third-order valence-corrected chi connectivity index (χ3v) is 2.10. The predicted octanol–water partition coefficient (Wildman–Crippen LogP) is 1.77. The summed E-state index contributed by atoms with van der Waals surface area (Å²) >= 11 is 0. The molecule has 0 N–H and O–H groups in total. The summed E-state index contributed by atoms with van der Waals surface area (Å²) < 4.78 is 6.43. The molecule has 0 fully saturated rings. The maximum atomic E-state index is 11.8. The van der Waals surface area contributed by atoms with Gasteiger partial charge in [-0.15, -0.1) is 0 Å². The Morgan fingerprint density at radius 2 is 2.18 bits per heavy atom. The summed E-state index contributed by atoms with van der Waals surface area (Å²) in [5.41, 5.74) is 0. The zero-order valence-electron chi connectivity index (χ0n) is 10.2. The Kier molecular flexibility index (Phi) is 4.63. The number of carbonyl (C=O) groups excluding carboxylic acids is 2. The lowest BCUT2D eigenvalue weighted by Gasteiger charge is -2.08. The minimum Gasteiger partial charge on any atom is -0.463 e. The van der Waals surface area contributed by atoms with Crippen LogP contribution in [0.1, 0.15) is 37.4 Å². The third kappa shape index (κ3) is 3.55. The van der Waals surface area contributed by atoms with Gasteiger partial charge in [-0.05, 0) is 26.8 Å². The van der Waals surface area contributed by atoms with E-state index in [4.69, 9.17) is 0 Å². The van der Waals surface area contributed by atoms with Crippen LogP contribution in [0.2, 0.25) is 0 Å². The second kappa shape index (κ2) is 5.98. The van der Waals surface area contributed by atoms with Crippen LogP contribution in [0.3, 0.4) is 0 Å². The fourth-order valence-electron chi connectivity index (χ4n) is 1.33. The molecule has 0 spiro atoms. The summed E-state index contributed by atoms with van der Waals surface area (Å²) in [6.07, 6.45) is 5.59.